The van der Waals surface area contributed by atoms with Crippen molar-refractivity contribution >= 4 is 6.47 Å². The summed E-state index contributed by atoms with van der Waals surface area (Å²) in [7, 11) is 1.94. The zero-order valence-electron chi connectivity index (χ0n) is 5.70. The quantitative estimate of drug-likeness (QED) is 0.394. The highest BCUT2D eigenvalue weighted by atomic mass is 16.3. The van der Waals surface area contributed by atoms with Crippen LogP contribution in [-0.4, -0.2) is 31.3 Å². The van der Waals surface area contributed by atoms with Gasteiger partial charge in [-0.05, 0) is 6.92 Å². The molecule has 0 rings (SSSR count). The van der Waals surface area contributed by atoms with Crippen LogP contribution in [0.4, 0.5) is 0 Å². The largest absolute Gasteiger partial charge is 0.554 e. The Morgan fingerprint density at radius 1 is 1.89 bits per heavy atom. The molecule has 0 fully saturated rings. The first-order chi connectivity index (χ1) is 4.18. The first-order valence-corrected chi connectivity index (χ1v) is 2.70. The van der Waals surface area contributed by atoms with E-state index in [0.29, 0.717) is 0 Å². The summed E-state index contributed by atoms with van der Waals surface area (Å²) in [5.41, 5.74) is 0. The van der Waals surface area contributed by atoms with E-state index in [1.54, 1.807) is 6.92 Å². The third-order valence-electron chi connectivity index (χ3n) is 0.577. The molecule has 0 saturated heterocycles. The lowest BCUT2D eigenvalue weighted by Crippen LogP contribution is -2.81. The predicted molar refractivity (Wildman–Crippen MR) is 30.5 cm³/mol. The second-order valence-corrected chi connectivity index (χ2v) is 1.59. The van der Waals surface area contributed by atoms with Crippen LogP contribution in [0.2, 0.25) is 0 Å². The highest BCUT2D eigenvalue weighted by Crippen LogP contribution is 1.64. The van der Waals surface area contributed by atoms with Crippen LogP contribution in [0.15, 0.2) is 0 Å². The van der Waals surface area contributed by atoms with Gasteiger partial charge >= 0.3 is 0 Å². The number of carbonyl (C=O) groups excluding carboxylic acids is 1. The number of quaternary nitrogens is 1. The van der Waals surface area contributed by atoms with Crippen LogP contribution in [0.1, 0.15) is 6.92 Å². The molecule has 0 aliphatic rings. The number of carboxylic acid groups (broad SMARTS) is 1. The number of nitrogens with two attached hydrogens (primary N) is 1. The van der Waals surface area contributed by atoms with E-state index in [9.17, 15) is 0 Å². The molecule has 0 spiro atoms. The Morgan fingerprint density at radius 2 is 2.22 bits per heavy atom. The van der Waals surface area contributed by atoms with Gasteiger partial charge in [0.2, 0.25) is 0 Å². The van der Waals surface area contributed by atoms with Gasteiger partial charge in [0.25, 0.3) is 0 Å². The lowest BCUT2D eigenvalue weighted by atomic mass is 10.4. The Labute approximate surface area is 54.5 Å². The van der Waals surface area contributed by atoms with E-state index < -0.39 is 6.47 Å². The van der Waals surface area contributed by atoms with Gasteiger partial charge in [-0.3, -0.25) is 0 Å². The van der Waals surface area contributed by atoms with Gasteiger partial charge in [-0.1, -0.05) is 0 Å². The van der Waals surface area contributed by atoms with Crippen LogP contribution in [0.3, 0.4) is 0 Å². The minimum Gasteiger partial charge on any atom is -0.554 e. The van der Waals surface area contributed by atoms with Gasteiger partial charge in [0, 0.05) is 6.47 Å². The predicted octanol–water partition coefficient (Wildman–Crippen LogP) is -3.07. The normalized spacial score (nSPS) is 11.0. The number of aliphatic hydroxyl groups excluding tert-OH is 1. The summed E-state index contributed by atoms with van der Waals surface area (Å²) in [6, 6.07) is 0. The molecule has 9 heavy (non-hydrogen) atoms. The standard InChI is InChI=1S/C4H11NO.CH2O2/c1-4(6)3-5-2;2-1-3/h4-6H,3H2,1-2H3;1H,(H,2,3). The molecule has 0 radical (unpaired) electrons. The molecule has 3 N–H and O–H groups in total. The van der Waals surface area contributed by atoms with E-state index in [-0.39, 0.29) is 6.10 Å². The lowest BCUT2D eigenvalue weighted by molar-refractivity contribution is -0.633. The Bertz CT molecular complexity index is 56.2. The third kappa shape index (κ3) is 37.6. The maximum atomic E-state index is 8.52. The summed E-state index contributed by atoms with van der Waals surface area (Å²) in [4.78, 5) is 8.25. The highest BCUT2D eigenvalue weighted by Gasteiger charge is 1.89. The molecule has 0 aliphatic heterocycles. The number of carbonyl (C=O) groups is 1. The van der Waals surface area contributed by atoms with E-state index in [4.69, 9.17) is 15.0 Å². The molecule has 0 saturated carbocycles. The van der Waals surface area contributed by atoms with Crippen LogP contribution >= 0.6 is 0 Å². The first-order valence-electron chi connectivity index (χ1n) is 2.70. The third-order valence-corrected chi connectivity index (χ3v) is 0.577. The van der Waals surface area contributed by atoms with Gasteiger partial charge in [0.1, 0.15) is 6.54 Å². The van der Waals surface area contributed by atoms with Crippen LogP contribution in [0.5, 0.6) is 0 Å². The minimum atomic E-state index is -0.500. The van der Waals surface area contributed by atoms with E-state index in [0.717, 1.165) is 6.54 Å². The average molecular weight is 135 g/mol. The topological polar surface area (TPSA) is 77.0 Å². The van der Waals surface area contributed by atoms with Crippen molar-refractivity contribution in [3.8, 4) is 0 Å². The Hall–Kier alpha value is -0.610. The van der Waals surface area contributed by atoms with Crippen LogP contribution in [0, 0.1) is 0 Å². The van der Waals surface area contributed by atoms with Crippen molar-refractivity contribution in [1.29, 1.82) is 0 Å². The summed E-state index contributed by atoms with van der Waals surface area (Å²) in [5, 5.41) is 18.7. The van der Waals surface area contributed by atoms with E-state index in [1.165, 1.54) is 0 Å². The summed E-state index contributed by atoms with van der Waals surface area (Å²) < 4.78 is 0. The molecule has 0 heterocycles. The molecule has 4 nitrogen and oxygen atoms in total. The number of hydrogen-bond acceptors (Lipinski definition) is 3. The van der Waals surface area contributed by atoms with E-state index >= 15 is 0 Å². The van der Waals surface area contributed by atoms with Crippen molar-refractivity contribution in [1.82, 2.24) is 0 Å². The van der Waals surface area contributed by atoms with Crippen LogP contribution in [0.25, 0.3) is 0 Å². The lowest BCUT2D eigenvalue weighted by Gasteiger charge is -1.94. The fourth-order valence-electron chi connectivity index (χ4n) is 0.341. The van der Waals surface area contributed by atoms with Crippen molar-refractivity contribution in [2.24, 2.45) is 0 Å². The number of aliphatic hydroxyl groups is 1. The van der Waals surface area contributed by atoms with Crippen molar-refractivity contribution in [2.45, 2.75) is 13.0 Å². The van der Waals surface area contributed by atoms with Gasteiger partial charge in [-0.15, -0.1) is 0 Å². The van der Waals surface area contributed by atoms with Gasteiger partial charge in [-0.2, -0.15) is 0 Å². The summed E-state index contributed by atoms with van der Waals surface area (Å²) >= 11 is 0. The minimum absolute atomic E-state index is 0.157. The van der Waals surface area contributed by atoms with Crippen LogP contribution in [-0.2, 0) is 4.79 Å². The zero-order valence-corrected chi connectivity index (χ0v) is 5.70. The fourth-order valence-corrected chi connectivity index (χ4v) is 0.341. The molecular weight excluding hydrogens is 122 g/mol. The van der Waals surface area contributed by atoms with Gasteiger partial charge < -0.3 is 20.3 Å². The molecule has 0 aromatic rings. The molecule has 0 aromatic carbocycles. The SMILES string of the molecule is C[NH2+]CC(C)O.O=C[O-]. The number of rotatable bonds is 2. The van der Waals surface area contributed by atoms with Crippen molar-refractivity contribution in [3.05, 3.63) is 0 Å². The maximum absolute atomic E-state index is 8.52. The molecule has 1 atom stereocenters. The number of likely N-dealkylation sites (N-methyl/N-ethyl adjacent to an activating group) is 1. The summed E-state index contributed by atoms with van der Waals surface area (Å²) in [6.45, 7) is 2.08. The Kier molecular flexibility index (Phi) is 13.0. The molecule has 1 unspecified atom stereocenters. The maximum Gasteiger partial charge on any atom is 0.101 e. The second-order valence-electron chi connectivity index (χ2n) is 1.59. The first kappa shape index (κ1) is 11.2. The van der Waals surface area contributed by atoms with Gasteiger partial charge in [0.05, 0.1) is 13.2 Å². The molecule has 0 aliphatic carbocycles. The average Bonchev–Trinajstić information content (AvgIpc) is 1.67. The van der Waals surface area contributed by atoms with Crippen molar-refractivity contribution < 1.29 is 20.3 Å². The molecular formula is C5H13NO3. The molecule has 0 bridgehead atoms. The van der Waals surface area contributed by atoms with Crippen molar-refractivity contribution in [2.75, 3.05) is 13.6 Å². The van der Waals surface area contributed by atoms with Gasteiger partial charge in [0.15, 0.2) is 0 Å². The molecule has 0 aromatic heterocycles. The second kappa shape index (κ2) is 10.4. The monoisotopic (exact) mass is 135 g/mol. The highest BCUT2D eigenvalue weighted by molar-refractivity contribution is 5.29. The van der Waals surface area contributed by atoms with Crippen LogP contribution < -0.4 is 10.4 Å². The van der Waals surface area contributed by atoms with E-state index in [1.807, 2.05) is 12.4 Å². The van der Waals surface area contributed by atoms with Gasteiger partial charge in [-0.25, -0.2) is 0 Å². The zero-order chi connectivity index (χ0) is 7.70. The fraction of sp³-hybridized carbons (Fsp3) is 0.800. The molecule has 4 heteroatoms. The summed E-state index contributed by atoms with van der Waals surface area (Å²) in [6.07, 6.45) is -0.157. The van der Waals surface area contributed by atoms with E-state index in [2.05, 4.69) is 0 Å². The Morgan fingerprint density at radius 3 is 2.22 bits per heavy atom. The summed E-state index contributed by atoms with van der Waals surface area (Å²) in [5.74, 6) is 0. The molecule has 0 amide bonds. The molecule has 56 valence electrons. The smallest absolute Gasteiger partial charge is 0.101 e. The Balaban J connectivity index is 0. The number of hydrogen-bond donors (Lipinski definition) is 2. The van der Waals surface area contributed by atoms with Crippen molar-refractivity contribution in [3.63, 3.8) is 0 Å².